The fraction of sp³-hybridized carbons (Fsp3) is 0.333. The Kier molecular flexibility index (Phi) is 2.98. The van der Waals surface area contributed by atoms with Crippen LogP contribution in [0.1, 0.15) is 11.7 Å². The second kappa shape index (κ2) is 3.58. The van der Waals surface area contributed by atoms with Crippen LogP contribution in [0.15, 0.2) is 11.4 Å². The number of hydrogen-bond acceptors (Lipinski definition) is 2. The van der Waals surface area contributed by atoms with Gasteiger partial charge in [0.2, 0.25) is 0 Å². The first-order chi connectivity index (χ1) is 4.74. The number of halogens is 2. The number of rotatable bonds is 2. The Morgan fingerprint density at radius 3 is 2.80 bits per heavy atom. The number of alkyl halides is 1. The molecular formula is C6H6Cl2OS. The van der Waals surface area contributed by atoms with Gasteiger partial charge in [-0.3, -0.25) is 0 Å². The Balaban J connectivity index is 2.74. The van der Waals surface area contributed by atoms with Crippen molar-refractivity contribution in [3.8, 4) is 0 Å². The van der Waals surface area contributed by atoms with Gasteiger partial charge in [-0.2, -0.15) is 0 Å². The average Bonchev–Trinajstić information content (AvgIpc) is 2.34. The molecule has 1 unspecified atom stereocenters. The van der Waals surface area contributed by atoms with Crippen LogP contribution in [0.5, 0.6) is 0 Å². The fourth-order valence-electron chi connectivity index (χ4n) is 0.587. The van der Waals surface area contributed by atoms with Crippen molar-refractivity contribution < 1.29 is 5.11 Å². The molecule has 0 aliphatic carbocycles. The van der Waals surface area contributed by atoms with Crippen LogP contribution in [-0.4, -0.2) is 11.0 Å². The van der Waals surface area contributed by atoms with Crippen molar-refractivity contribution in [3.05, 3.63) is 21.3 Å². The summed E-state index contributed by atoms with van der Waals surface area (Å²) in [7, 11) is 0. The van der Waals surface area contributed by atoms with E-state index in [-0.39, 0.29) is 5.88 Å². The lowest BCUT2D eigenvalue weighted by Gasteiger charge is -2.00. The second-order valence-corrected chi connectivity index (χ2v) is 3.71. The van der Waals surface area contributed by atoms with Crippen molar-refractivity contribution in [1.82, 2.24) is 0 Å². The number of thiophene rings is 1. The molecule has 0 aliphatic rings. The van der Waals surface area contributed by atoms with Crippen molar-refractivity contribution in [2.24, 2.45) is 0 Å². The molecule has 1 rings (SSSR count). The summed E-state index contributed by atoms with van der Waals surface area (Å²) in [6.07, 6.45) is -0.578. The van der Waals surface area contributed by atoms with Gasteiger partial charge >= 0.3 is 0 Å². The third kappa shape index (κ3) is 1.86. The predicted molar refractivity (Wildman–Crippen MR) is 45.0 cm³/mol. The van der Waals surface area contributed by atoms with Crippen LogP contribution in [0.3, 0.4) is 0 Å². The maximum absolute atomic E-state index is 9.16. The highest BCUT2D eigenvalue weighted by Crippen LogP contribution is 2.25. The van der Waals surface area contributed by atoms with Gasteiger partial charge in [0.25, 0.3) is 0 Å². The number of aliphatic hydroxyl groups excluding tert-OH is 1. The van der Waals surface area contributed by atoms with Crippen LogP contribution in [0.2, 0.25) is 4.34 Å². The molecule has 0 aromatic carbocycles. The Morgan fingerprint density at radius 2 is 2.40 bits per heavy atom. The van der Waals surface area contributed by atoms with E-state index in [1.165, 1.54) is 11.3 Å². The number of aliphatic hydroxyl groups is 1. The van der Waals surface area contributed by atoms with Crippen LogP contribution in [-0.2, 0) is 0 Å². The minimum atomic E-state index is -0.578. The Bertz CT molecular complexity index is 211. The summed E-state index contributed by atoms with van der Waals surface area (Å²) < 4.78 is 0.680. The highest BCUT2D eigenvalue weighted by atomic mass is 35.5. The van der Waals surface area contributed by atoms with E-state index in [1.54, 1.807) is 11.4 Å². The summed E-state index contributed by atoms with van der Waals surface area (Å²) in [5.74, 6) is 0.215. The van der Waals surface area contributed by atoms with Gasteiger partial charge in [0.05, 0.1) is 16.3 Å². The van der Waals surface area contributed by atoms with Crippen LogP contribution in [0.4, 0.5) is 0 Å². The fourth-order valence-corrected chi connectivity index (χ4v) is 1.70. The molecule has 1 nitrogen and oxygen atoms in total. The Morgan fingerprint density at radius 1 is 1.70 bits per heavy atom. The minimum absolute atomic E-state index is 0.215. The summed E-state index contributed by atoms with van der Waals surface area (Å²) in [6, 6.07) is 1.72. The summed E-state index contributed by atoms with van der Waals surface area (Å²) in [6.45, 7) is 0. The van der Waals surface area contributed by atoms with Gasteiger partial charge in [0.15, 0.2) is 0 Å². The van der Waals surface area contributed by atoms with E-state index >= 15 is 0 Å². The smallest absolute Gasteiger partial charge is 0.0933 e. The average molecular weight is 197 g/mol. The molecule has 56 valence electrons. The van der Waals surface area contributed by atoms with Crippen LogP contribution in [0.25, 0.3) is 0 Å². The summed E-state index contributed by atoms with van der Waals surface area (Å²) in [5.41, 5.74) is 0.796. The first-order valence-corrected chi connectivity index (χ1v) is 4.51. The van der Waals surface area contributed by atoms with Crippen LogP contribution >= 0.6 is 34.5 Å². The summed E-state index contributed by atoms with van der Waals surface area (Å²) in [4.78, 5) is 0. The lowest BCUT2D eigenvalue weighted by Crippen LogP contribution is -1.95. The molecule has 1 heterocycles. The second-order valence-electron chi connectivity index (χ2n) is 1.85. The van der Waals surface area contributed by atoms with Gasteiger partial charge in [-0.15, -0.1) is 22.9 Å². The van der Waals surface area contributed by atoms with Crippen molar-refractivity contribution in [2.75, 3.05) is 5.88 Å². The molecule has 0 amide bonds. The van der Waals surface area contributed by atoms with E-state index in [0.29, 0.717) is 4.34 Å². The molecule has 1 N–H and O–H groups in total. The van der Waals surface area contributed by atoms with Gasteiger partial charge in [0, 0.05) is 0 Å². The molecule has 4 heteroatoms. The topological polar surface area (TPSA) is 20.2 Å². The predicted octanol–water partition coefficient (Wildman–Crippen LogP) is 2.67. The minimum Gasteiger partial charge on any atom is -0.387 e. The quantitative estimate of drug-likeness (QED) is 0.722. The normalized spacial score (nSPS) is 13.5. The summed E-state index contributed by atoms with van der Waals surface area (Å²) in [5, 5.41) is 11.0. The highest BCUT2D eigenvalue weighted by molar-refractivity contribution is 7.14. The molecule has 0 fully saturated rings. The van der Waals surface area contributed by atoms with E-state index in [0.717, 1.165) is 5.56 Å². The van der Waals surface area contributed by atoms with E-state index in [1.807, 2.05) is 0 Å². The summed E-state index contributed by atoms with van der Waals surface area (Å²) >= 11 is 12.4. The highest BCUT2D eigenvalue weighted by Gasteiger charge is 2.06. The zero-order chi connectivity index (χ0) is 7.56. The van der Waals surface area contributed by atoms with Crippen molar-refractivity contribution in [2.45, 2.75) is 6.10 Å². The lowest BCUT2D eigenvalue weighted by atomic mass is 10.2. The lowest BCUT2D eigenvalue weighted by molar-refractivity contribution is 0.203. The van der Waals surface area contributed by atoms with Gasteiger partial charge < -0.3 is 5.11 Å². The maximum Gasteiger partial charge on any atom is 0.0933 e. The van der Waals surface area contributed by atoms with Gasteiger partial charge in [-0.25, -0.2) is 0 Å². The Hall–Kier alpha value is 0.240. The van der Waals surface area contributed by atoms with Gasteiger partial charge in [-0.1, -0.05) is 11.6 Å². The van der Waals surface area contributed by atoms with Gasteiger partial charge in [-0.05, 0) is 17.0 Å². The molecule has 0 aliphatic heterocycles. The monoisotopic (exact) mass is 196 g/mol. The van der Waals surface area contributed by atoms with Gasteiger partial charge in [0.1, 0.15) is 0 Å². The molecular weight excluding hydrogens is 191 g/mol. The molecule has 10 heavy (non-hydrogen) atoms. The first-order valence-electron chi connectivity index (χ1n) is 2.72. The third-order valence-corrected chi connectivity index (χ3v) is 2.52. The van der Waals surface area contributed by atoms with Crippen molar-refractivity contribution in [1.29, 1.82) is 0 Å². The van der Waals surface area contributed by atoms with Crippen molar-refractivity contribution in [3.63, 3.8) is 0 Å². The molecule has 0 saturated carbocycles. The molecule has 1 atom stereocenters. The molecule has 1 aromatic heterocycles. The number of hydrogen-bond donors (Lipinski definition) is 1. The SMILES string of the molecule is OC(CCl)c1csc(Cl)c1. The Labute approximate surface area is 73.2 Å². The molecule has 0 saturated heterocycles. The van der Waals surface area contributed by atoms with E-state index in [4.69, 9.17) is 28.3 Å². The zero-order valence-electron chi connectivity index (χ0n) is 5.05. The van der Waals surface area contributed by atoms with E-state index < -0.39 is 6.10 Å². The molecule has 1 aromatic rings. The van der Waals surface area contributed by atoms with Crippen LogP contribution < -0.4 is 0 Å². The molecule has 0 radical (unpaired) electrons. The zero-order valence-corrected chi connectivity index (χ0v) is 7.38. The van der Waals surface area contributed by atoms with E-state index in [2.05, 4.69) is 0 Å². The standard InChI is InChI=1S/C6H6Cl2OS/c7-2-5(9)4-1-6(8)10-3-4/h1,3,5,9H,2H2. The molecule has 0 spiro atoms. The molecule has 0 bridgehead atoms. The van der Waals surface area contributed by atoms with Crippen molar-refractivity contribution >= 4 is 34.5 Å². The largest absolute Gasteiger partial charge is 0.387 e. The van der Waals surface area contributed by atoms with Crippen LogP contribution in [0, 0.1) is 0 Å². The maximum atomic E-state index is 9.16. The first kappa shape index (κ1) is 8.34. The third-order valence-electron chi connectivity index (χ3n) is 1.12. The van der Waals surface area contributed by atoms with E-state index in [9.17, 15) is 0 Å².